The van der Waals surface area contributed by atoms with E-state index in [0.717, 1.165) is 49.3 Å². The average molecular weight is 438 g/mol. The molecule has 31 heavy (non-hydrogen) atoms. The maximum absolute atomic E-state index is 13.5. The van der Waals surface area contributed by atoms with Gasteiger partial charge in [0.15, 0.2) is 5.69 Å². The third-order valence-corrected chi connectivity index (χ3v) is 7.16. The van der Waals surface area contributed by atoms with E-state index in [1.54, 1.807) is 28.2 Å². The summed E-state index contributed by atoms with van der Waals surface area (Å²) in [5, 5.41) is 18.1. The Balaban J connectivity index is 1.60. The van der Waals surface area contributed by atoms with E-state index in [0.29, 0.717) is 24.5 Å². The largest absolute Gasteiger partial charge is 0.335 e. The maximum atomic E-state index is 13.5. The second-order valence-corrected chi connectivity index (χ2v) is 8.85. The molecule has 8 nitrogen and oxygen atoms in total. The van der Waals surface area contributed by atoms with E-state index in [4.69, 9.17) is 5.10 Å². The number of hydrogen-bond acceptors (Lipinski definition) is 6. The number of likely N-dealkylation sites (N-methyl/N-ethyl adjacent to an activating group) is 1. The van der Waals surface area contributed by atoms with Crippen molar-refractivity contribution in [1.29, 1.82) is 0 Å². The van der Waals surface area contributed by atoms with Crippen LogP contribution < -0.4 is 0 Å². The van der Waals surface area contributed by atoms with E-state index < -0.39 is 4.92 Å². The Bertz CT molecular complexity index is 1160. The van der Waals surface area contributed by atoms with Gasteiger partial charge in [-0.2, -0.15) is 5.10 Å². The van der Waals surface area contributed by atoms with Gasteiger partial charge in [0.25, 0.3) is 11.6 Å². The van der Waals surface area contributed by atoms with Crippen LogP contribution >= 0.6 is 11.3 Å². The van der Waals surface area contributed by atoms with E-state index in [1.807, 2.05) is 4.90 Å². The summed E-state index contributed by atoms with van der Waals surface area (Å²) in [6, 6.07) is 8.50. The van der Waals surface area contributed by atoms with Gasteiger partial charge in [0.05, 0.1) is 16.3 Å². The van der Waals surface area contributed by atoms with Gasteiger partial charge in [-0.15, -0.1) is 11.3 Å². The Morgan fingerprint density at radius 3 is 2.74 bits per heavy atom. The van der Waals surface area contributed by atoms with Crippen LogP contribution in [0.1, 0.15) is 27.9 Å². The monoisotopic (exact) mass is 437 g/mol. The number of carbonyl (C=O) groups is 1. The van der Waals surface area contributed by atoms with Crippen molar-refractivity contribution in [2.75, 3.05) is 32.7 Å². The molecular weight excluding hydrogens is 414 g/mol. The minimum atomic E-state index is -0.408. The quantitative estimate of drug-likeness (QED) is 0.461. The number of thiophene rings is 1. The molecule has 0 atom stereocenters. The maximum Gasteiger partial charge on any atom is 0.274 e. The first-order valence-corrected chi connectivity index (χ1v) is 11.4. The van der Waals surface area contributed by atoms with Crippen molar-refractivity contribution in [3.8, 4) is 16.9 Å². The van der Waals surface area contributed by atoms with E-state index in [9.17, 15) is 14.9 Å². The molecular formula is C22H23N5O3S. The van der Waals surface area contributed by atoms with Crippen LogP contribution in [-0.4, -0.2) is 63.1 Å². The number of carbonyl (C=O) groups excluding carboxylic acids is 1. The lowest BCUT2D eigenvalue weighted by Gasteiger charge is -2.33. The Hall–Kier alpha value is -3.04. The summed E-state index contributed by atoms with van der Waals surface area (Å²) in [6.45, 7) is 6.23. The molecule has 1 aliphatic carbocycles. The van der Waals surface area contributed by atoms with Gasteiger partial charge in [-0.3, -0.25) is 14.9 Å². The van der Waals surface area contributed by atoms with Crippen molar-refractivity contribution >= 4 is 22.9 Å². The van der Waals surface area contributed by atoms with Crippen molar-refractivity contribution in [3.63, 3.8) is 0 Å². The summed E-state index contributed by atoms with van der Waals surface area (Å²) in [5.41, 5.74) is 3.98. The summed E-state index contributed by atoms with van der Waals surface area (Å²) >= 11 is 1.70. The molecule has 0 unspecified atom stereocenters. The average Bonchev–Trinajstić information content (AvgIpc) is 3.43. The zero-order valence-corrected chi connectivity index (χ0v) is 18.1. The highest BCUT2D eigenvalue weighted by Crippen LogP contribution is 2.40. The number of nitro groups is 1. The molecule has 0 bridgehead atoms. The van der Waals surface area contributed by atoms with Crippen LogP contribution in [0.25, 0.3) is 16.9 Å². The lowest BCUT2D eigenvalue weighted by molar-refractivity contribution is -0.384. The van der Waals surface area contributed by atoms with Crippen molar-refractivity contribution in [2.24, 2.45) is 0 Å². The highest BCUT2D eigenvalue weighted by Gasteiger charge is 2.32. The predicted molar refractivity (Wildman–Crippen MR) is 119 cm³/mol. The smallest absolute Gasteiger partial charge is 0.274 e. The van der Waals surface area contributed by atoms with Crippen molar-refractivity contribution < 1.29 is 9.72 Å². The number of nitro benzene ring substituents is 1. The minimum Gasteiger partial charge on any atom is -0.335 e. The number of non-ortho nitro benzene ring substituents is 1. The van der Waals surface area contributed by atoms with Crippen LogP contribution in [0, 0.1) is 10.1 Å². The number of benzene rings is 1. The third kappa shape index (κ3) is 3.43. The molecule has 1 fully saturated rings. The molecule has 0 radical (unpaired) electrons. The lowest BCUT2D eigenvalue weighted by Crippen LogP contribution is -2.48. The van der Waals surface area contributed by atoms with Crippen LogP contribution in [-0.2, 0) is 12.8 Å². The molecule has 1 aromatic carbocycles. The third-order valence-electron chi connectivity index (χ3n) is 6.18. The summed E-state index contributed by atoms with van der Waals surface area (Å²) in [5.74, 6) is -0.0464. The van der Waals surface area contributed by atoms with Crippen LogP contribution in [0.15, 0.2) is 35.7 Å². The number of aryl methyl sites for hydroxylation is 1. The first kappa shape index (κ1) is 19.9. The molecule has 5 rings (SSSR count). The number of rotatable bonds is 4. The SMILES string of the molecule is CCN1CCN(C(=O)c2nn(-c3cccc([N+](=O)[O-])c3)c3c2CCc2sccc2-3)CC1. The van der Waals surface area contributed by atoms with Gasteiger partial charge in [-0.1, -0.05) is 13.0 Å². The van der Waals surface area contributed by atoms with Gasteiger partial charge >= 0.3 is 0 Å². The minimum absolute atomic E-state index is 0.00617. The van der Waals surface area contributed by atoms with Crippen LogP contribution in [0.5, 0.6) is 0 Å². The number of piperazine rings is 1. The molecule has 160 valence electrons. The summed E-state index contributed by atoms with van der Waals surface area (Å²) < 4.78 is 1.72. The number of aromatic nitrogens is 2. The first-order chi connectivity index (χ1) is 15.1. The fourth-order valence-corrected chi connectivity index (χ4v) is 5.34. The zero-order chi connectivity index (χ0) is 21.5. The van der Waals surface area contributed by atoms with E-state index in [2.05, 4.69) is 23.3 Å². The molecule has 0 spiro atoms. The fraction of sp³-hybridized carbons (Fsp3) is 0.364. The Labute approximate surface area is 183 Å². The molecule has 1 saturated heterocycles. The number of fused-ring (bicyclic) bond motifs is 3. The van der Waals surface area contributed by atoms with Gasteiger partial charge in [0.2, 0.25) is 0 Å². The van der Waals surface area contributed by atoms with Crippen LogP contribution in [0.3, 0.4) is 0 Å². The summed E-state index contributed by atoms with van der Waals surface area (Å²) in [4.78, 5) is 29.8. The summed E-state index contributed by atoms with van der Waals surface area (Å²) in [7, 11) is 0. The Morgan fingerprint density at radius 2 is 2.00 bits per heavy atom. The van der Waals surface area contributed by atoms with Gasteiger partial charge in [0.1, 0.15) is 0 Å². The van der Waals surface area contributed by atoms with Crippen molar-refractivity contribution in [1.82, 2.24) is 19.6 Å². The van der Waals surface area contributed by atoms with Crippen molar-refractivity contribution in [2.45, 2.75) is 19.8 Å². The molecule has 2 aliphatic rings. The highest BCUT2D eigenvalue weighted by atomic mass is 32.1. The standard InChI is InChI=1S/C22H23N5O3S/c1-2-24-9-11-25(12-10-24)22(28)20-18-6-7-19-17(8-13-31-19)21(18)26(23-20)15-4-3-5-16(14-15)27(29)30/h3-5,8,13-14H,2,6-7,9-12H2,1H3. The Morgan fingerprint density at radius 1 is 1.19 bits per heavy atom. The number of amides is 1. The van der Waals surface area contributed by atoms with Crippen LogP contribution in [0.2, 0.25) is 0 Å². The van der Waals surface area contributed by atoms with Gasteiger partial charge in [0, 0.05) is 54.3 Å². The molecule has 0 N–H and O–H groups in total. The molecule has 2 aromatic heterocycles. The summed E-state index contributed by atoms with van der Waals surface area (Å²) in [6.07, 6.45) is 1.62. The first-order valence-electron chi connectivity index (χ1n) is 10.5. The molecule has 3 aromatic rings. The molecule has 3 heterocycles. The van der Waals surface area contributed by atoms with E-state index >= 15 is 0 Å². The van der Waals surface area contributed by atoms with Crippen molar-refractivity contribution in [3.05, 3.63) is 62.0 Å². The topological polar surface area (TPSA) is 84.5 Å². The molecule has 9 heteroatoms. The second kappa shape index (κ2) is 7.90. The van der Waals surface area contributed by atoms with E-state index in [1.165, 1.54) is 17.0 Å². The fourth-order valence-electron chi connectivity index (χ4n) is 4.46. The number of hydrogen-bond donors (Lipinski definition) is 0. The molecule has 0 saturated carbocycles. The predicted octanol–water partition coefficient (Wildman–Crippen LogP) is 3.39. The van der Waals surface area contributed by atoms with Gasteiger partial charge in [-0.25, -0.2) is 4.68 Å². The molecule has 1 amide bonds. The lowest BCUT2D eigenvalue weighted by atomic mass is 9.94. The molecule has 1 aliphatic heterocycles. The van der Waals surface area contributed by atoms with Gasteiger partial charge in [-0.05, 0) is 36.9 Å². The van der Waals surface area contributed by atoms with E-state index in [-0.39, 0.29) is 11.6 Å². The van der Waals surface area contributed by atoms with Crippen LogP contribution in [0.4, 0.5) is 5.69 Å². The van der Waals surface area contributed by atoms with Gasteiger partial charge < -0.3 is 9.80 Å². The normalized spacial score (nSPS) is 16.1. The number of nitrogens with zero attached hydrogens (tertiary/aromatic N) is 5. The highest BCUT2D eigenvalue weighted by molar-refractivity contribution is 7.10. The second-order valence-electron chi connectivity index (χ2n) is 7.85. The zero-order valence-electron chi connectivity index (χ0n) is 17.3. The Kier molecular flexibility index (Phi) is 5.07.